The molecule has 2 aromatic heterocycles. The molecule has 2 heterocycles. The second kappa shape index (κ2) is 5.96. The third kappa shape index (κ3) is 3.29. The van der Waals surface area contributed by atoms with E-state index in [1.165, 1.54) is 13.3 Å². The molecule has 0 aliphatic rings. The van der Waals surface area contributed by atoms with Gasteiger partial charge in [-0.1, -0.05) is 0 Å². The van der Waals surface area contributed by atoms with Crippen LogP contribution in [-0.2, 0) is 6.54 Å². The van der Waals surface area contributed by atoms with Crippen molar-refractivity contribution in [2.24, 2.45) is 5.73 Å². The number of imidazole rings is 1. The fraction of sp³-hybridized carbons (Fsp3) is 0.250. The Labute approximate surface area is 110 Å². The maximum Gasteiger partial charge on any atom is 0.275 e. The number of amides is 1. The lowest BCUT2D eigenvalue weighted by atomic mass is 10.3. The third-order valence-electron chi connectivity index (χ3n) is 2.46. The fourth-order valence-electron chi connectivity index (χ4n) is 1.52. The summed E-state index contributed by atoms with van der Waals surface area (Å²) >= 11 is 0. The molecular formula is C12H15N5O2. The highest BCUT2D eigenvalue weighted by Gasteiger charge is 2.09. The summed E-state index contributed by atoms with van der Waals surface area (Å²) in [7, 11) is 1.53. The molecule has 7 heteroatoms. The van der Waals surface area contributed by atoms with Crippen LogP contribution in [-0.4, -0.2) is 34.1 Å². The Morgan fingerprint density at radius 2 is 2.32 bits per heavy atom. The molecular weight excluding hydrogens is 246 g/mol. The molecule has 0 radical (unpaired) electrons. The van der Waals surface area contributed by atoms with E-state index in [0.717, 1.165) is 0 Å². The van der Waals surface area contributed by atoms with Gasteiger partial charge in [-0.3, -0.25) is 4.79 Å². The molecule has 0 atom stereocenters. The molecule has 0 unspecified atom stereocenters. The van der Waals surface area contributed by atoms with Crippen molar-refractivity contribution in [2.45, 2.75) is 6.54 Å². The van der Waals surface area contributed by atoms with Crippen molar-refractivity contribution in [1.29, 1.82) is 0 Å². The Bertz CT molecular complexity index is 550. The monoisotopic (exact) mass is 261 g/mol. The van der Waals surface area contributed by atoms with Gasteiger partial charge < -0.3 is 20.4 Å². The average Bonchev–Trinajstić information content (AvgIpc) is 2.89. The number of carbonyl (C=O) groups is 1. The molecule has 2 aromatic rings. The van der Waals surface area contributed by atoms with Gasteiger partial charge in [0.25, 0.3) is 5.91 Å². The van der Waals surface area contributed by atoms with Gasteiger partial charge in [-0.2, -0.15) is 0 Å². The van der Waals surface area contributed by atoms with E-state index in [2.05, 4.69) is 15.3 Å². The third-order valence-corrected chi connectivity index (χ3v) is 2.46. The van der Waals surface area contributed by atoms with Crippen molar-refractivity contribution < 1.29 is 9.53 Å². The highest BCUT2D eigenvalue weighted by atomic mass is 16.5. The number of pyridine rings is 1. The molecule has 1 amide bonds. The SMILES string of the molecule is COc1ccc(NC(=O)c2cn(CCN)cn2)cn1. The lowest BCUT2D eigenvalue weighted by molar-refractivity contribution is 0.102. The average molecular weight is 261 g/mol. The minimum absolute atomic E-state index is 0.289. The van der Waals surface area contributed by atoms with Crippen LogP contribution >= 0.6 is 0 Å². The minimum atomic E-state index is -0.289. The molecule has 0 saturated heterocycles. The summed E-state index contributed by atoms with van der Waals surface area (Å²) in [5, 5.41) is 2.70. The van der Waals surface area contributed by atoms with Crippen molar-refractivity contribution in [3.63, 3.8) is 0 Å². The van der Waals surface area contributed by atoms with E-state index in [4.69, 9.17) is 10.5 Å². The lowest BCUT2D eigenvalue weighted by Gasteiger charge is -2.03. The van der Waals surface area contributed by atoms with E-state index < -0.39 is 0 Å². The summed E-state index contributed by atoms with van der Waals surface area (Å²) in [4.78, 5) is 19.9. The summed E-state index contributed by atoms with van der Waals surface area (Å²) in [5.41, 5.74) is 6.35. The number of hydrogen-bond donors (Lipinski definition) is 2. The molecule has 0 fully saturated rings. The maximum atomic E-state index is 11.9. The quantitative estimate of drug-likeness (QED) is 0.817. The second-order valence-corrected chi connectivity index (χ2v) is 3.83. The van der Waals surface area contributed by atoms with Crippen molar-refractivity contribution in [2.75, 3.05) is 19.0 Å². The van der Waals surface area contributed by atoms with Gasteiger partial charge in [-0.15, -0.1) is 0 Å². The van der Waals surface area contributed by atoms with Gasteiger partial charge in [0, 0.05) is 25.4 Å². The Balaban J connectivity index is 2.02. The largest absolute Gasteiger partial charge is 0.481 e. The Hall–Kier alpha value is -2.41. The number of ether oxygens (including phenoxy) is 1. The van der Waals surface area contributed by atoms with Crippen LogP contribution in [0.15, 0.2) is 30.9 Å². The van der Waals surface area contributed by atoms with Gasteiger partial charge in [0.05, 0.1) is 25.3 Å². The number of carbonyl (C=O) groups excluding carboxylic acids is 1. The Kier molecular flexibility index (Phi) is 4.09. The first kappa shape index (κ1) is 13.0. The maximum absolute atomic E-state index is 11.9. The predicted molar refractivity (Wildman–Crippen MR) is 70.0 cm³/mol. The number of nitrogens with two attached hydrogens (primary N) is 1. The van der Waals surface area contributed by atoms with Crippen molar-refractivity contribution in [3.8, 4) is 5.88 Å². The fourth-order valence-corrected chi connectivity index (χ4v) is 1.52. The summed E-state index contributed by atoms with van der Waals surface area (Å²) in [6.45, 7) is 1.13. The van der Waals surface area contributed by atoms with Crippen molar-refractivity contribution in [3.05, 3.63) is 36.5 Å². The topological polar surface area (TPSA) is 95.1 Å². The van der Waals surface area contributed by atoms with E-state index in [1.54, 1.807) is 29.2 Å². The normalized spacial score (nSPS) is 10.2. The van der Waals surface area contributed by atoms with E-state index >= 15 is 0 Å². The van der Waals surface area contributed by atoms with Crippen LogP contribution in [0.2, 0.25) is 0 Å². The molecule has 7 nitrogen and oxygen atoms in total. The predicted octanol–water partition coefficient (Wildman–Crippen LogP) is 0.498. The second-order valence-electron chi connectivity index (χ2n) is 3.83. The van der Waals surface area contributed by atoms with Crippen LogP contribution in [0, 0.1) is 0 Å². The Morgan fingerprint density at radius 3 is 2.95 bits per heavy atom. The van der Waals surface area contributed by atoms with Gasteiger partial charge in [-0.05, 0) is 6.07 Å². The first-order valence-corrected chi connectivity index (χ1v) is 5.76. The molecule has 0 aliphatic heterocycles. The van der Waals surface area contributed by atoms with Gasteiger partial charge in [-0.25, -0.2) is 9.97 Å². The molecule has 0 bridgehead atoms. The standard InChI is InChI=1S/C12H15N5O2/c1-19-11-3-2-9(6-14-11)16-12(18)10-7-17(5-4-13)8-15-10/h2-3,6-8H,4-5,13H2,1H3,(H,16,18). The molecule has 0 aliphatic carbocycles. The van der Waals surface area contributed by atoms with Crippen LogP contribution in [0.1, 0.15) is 10.5 Å². The van der Waals surface area contributed by atoms with Crippen LogP contribution in [0.5, 0.6) is 5.88 Å². The highest BCUT2D eigenvalue weighted by molar-refractivity contribution is 6.02. The van der Waals surface area contributed by atoms with Gasteiger partial charge in [0.15, 0.2) is 0 Å². The molecule has 0 spiro atoms. The van der Waals surface area contributed by atoms with Crippen molar-refractivity contribution >= 4 is 11.6 Å². The first-order chi connectivity index (χ1) is 9.22. The smallest absolute Gasteiger partial charge is 0.275 e. The lowest BCUT2D eigenvalue weighted by Crippen LogP contribution is -2.13. The molecule has 2 rings (SSSR count). The number of nitrogens with one attached hydrogen (secondary N) is 1. The van der Waals surface area contributed by atoms with E-state index in [1.807, 2.05) is 0 Å². The van der Waals surface area contributed by atoms with E-state index in [-0.39, 0.29) is 5.91 Å². The number of anilines is 1. The zero-order valence-electron chi connectivity index (χ0n) is 10.5. The number of aromatic nitrogens is 3. The molecule has 0 aromatic carbocycles. The number of methoxy groups -OCH3 is 1. The van der Waals surface area contributed by atoms with E-state index in [9.17, 15) is 4.79 Å². The summed E-state index contributed by atoms with van der Waals surface area (Å²) in [6.07, 6.45) is 4.75. The van der Waals surface area contributed by atoms with Crippen LogP contribution < -0.4 is 15.8 Å². The van der Waals surface area contributed by atoms with Gasteiger partial charge in [0.1, 0.15) is 5.69 Å². The molecule has 0 saturated carbocycles. The first-order valence-electron chi connectivity index (χ1n) is 5.76. The summed E-state index contributed by atoms with van der Waals surface area (Å²) in [6, 6.07) is 3.38. The van der Waals surface area contributed by atoms with E-state index in [0.29, 0.717) is 30.4 Å². The van der Waals surface area contributed by atoms with Crippen LogP contribution in [0.3, 0.4) is 0 Å². The molecule has 19 heavy (non-hydrogen) atoms. The van der Waals surface area contributed by atoms with Crippen LogP contribution in [0.25, 0.3) is 0 Å². The number of rotatable bonds is 5. The number of hydrogen-bond acceptors (Lipinski definition) is 5. The summed E-state index contributed by atoms with van der Waals surface area (Å²) < 4.78 is 6.70. The van der Waals surface area contributed by atoms with Crippen molar-refractivity contribution in [1.82, 2.24) is 14.5 Å². The van der Waals surface area contributed by atoms with Gasteiger partial charge >= 0.3 is 0 Å². The van der Waals surface area contributed by atoms with Gasteiger partial charge in [0.2, 0.25) is 5.88 Å². The zero-order valence-corrected chi connectivity index (χ0v) is 10.5. The highest BCUT2D eigenvalue weighted by Crippen LogP contribution is 2.11. The van der Waals surface area contributed by atoms with Crippen LogP contribution in [0.4, 0.5) is 5.69 Å². The number of nitrogens with zero attached hydrogens (tertiary/aromatic N) is 3. The minimum Gasteiger partial charge on any atom is -0.481 e. The Morgan fingerprint density at radius 1 is 1.47 bits per heavy atom. The summed E-state index contributed by atoms with van der Waals surface area (Å²) in [5.74, 6) is 0.202. The molecule has 3 N–H and O–H groups in total. The zero-order chi connectivity index (χ0) is 13.7. The molecule has 100 valence electrons.